The Labute approximate surface area is 371 Å². The summed E-state index contributed by atoms with van der Waals surface area (Å²) in [6, 6.07) is 7.92. The van der Waals surface area contributed by atoms with E-state index < -0.39 is 59.3 Å². The van der Waals surface area contributed by atoms with Crippen LogP contribution in [0, 0.1) is 0 Å². The summed E-state index contributed by atoms with van der Waals surface area (Å²) in [4.78, 5) is 57.5. The van der Waals surface area contributed by atoms with E-state index >= 15 is 0 Å². The van der Waals surface area contributed by atoms with Crippen molar-refractivity contribution in [3.63, 3.8) is 0 Å². The zero-order chi connectivity index (χ0) is 44.4. The minimum Gasteiger partial charge on any atom is -0.497 e. The van der Waals surface area contributed by atoms with Crippen molar-refractivity contribution < 1.29 is 67.3 Å². The minimum absolute atomic E-state index is 0.0902. The third-order valence-electron chi connectivity index (χ3n) is 15.4. The van der Waals surface area contributed by atoms with Crippen LogP contribution >= 0.6 is 0 Å². The van der Waals surface area contributed by atoms with Crippen LogP contribution in [0.4, 0.5) is 0 Å². The fourth-order valence-corrected chi connectivity index (χ4v) is 12.3. The molecule has 8 aliphatic rings. The molecule has 0 aromatic heterocycles. The lowest BCUT2D eigenvalue weighted by molar-refractivity contribution is -0.176. The summed E-state index contributed by atoms with van der Waals surface area (Å²) >= 11 is 0. The number of rotatable bonds is 15. The summed E-state index contributed by atoms with van der Waals surface area (Å²) in [5.74, 6) is 0.727. The molecule has 0 bridgehead atoms. The van der Waals surface area contributed by atoms with Gasteiger partial charge in [0.15, 0.2) is 46.4 Å². The number of aldehydes is 2. The van der Waals surface area contributed by atoms with Crippen molar-refractivity contribution in [1.82, 2.24) is 9.80 Å². The highest BCUT2D eigenvalue weighted by atomic mass is 16.7. The second kappa shape index (κ2) is 16.4. The van der Waals surface area contributed by atoms with Crippen LogP contribution in [0.5, 0.6) is 23.0 Å². The van der Waals surface area contributed by atoms with Gasteiger partial charge in [-0.25, -0.2) is 9.59 Å². The van der Waals surface area contributed by atoms with Crippen LogP contribution in [0.15, 0.2) is 47.9 Å². The van der Waals surface area contributed by atoms with Gasteiger partial charge in [-0.15, -0.1) is 0 Å². The van der Waals surface area contributed by atoms with Gasteiger partial charge in [0.25, 0.3) is 0 Å². The van der Waals surface area contributed by atoms with E-state index in [0.717, 1.165) is 87.0 Å². The first-order chi connectivity index (χ1) is 31.0. The highest BCUT2D eigenvalue weighted by molar-refractivity contribution is 5.84. The second-order valence-electron chi connectivity index (χ2n) is 18.6. The van der Waals surface area contributed by atoms with Crippen molar-refractivity contribution in [1.29, 1.82) is 0 Å². The van der Waals surface area contributed by atoms with Gasteiger partial charge in [0.2, 0.25) is 13.6 Å². The molecule has 2 fully saturated rings. The number of esters is 2. The third kappa shape index (κ3) is 6.77. The smallest absolute Gasteiger partial charge is 0.339 e. The number of methoxy groups -OCH3 is 2. The minimum atomic E-state index is -2.23. The number of aliphatic hydroxyl groups is 2. The highest BCUT2D eigenvalue weighted by Crippen LogP contribution is 2.57. The number of nitrogens with zero attached hydrogens (tertiary/aromatic N) is 2. The van der Waals surface area contributed by atoms with E-state index in [1.807, 2.05) is 24.3 Å². The van der Waals surface area contributed by atoms with Crippen molar-refractivity contribution in [3.8, 4) is 23.0 Å². The zero-order valence-corrected chi connectivity index (χ0v) is 36.3. The van der Waals surface area contributed by atoms with Crippen LogP contribution in [0.3, 0.4) is 0 Å². The fourth-order valence-electron chi connectivity index (χ4n) is 12.3. The SMILES string of the molecule is COC1=C[C@]23CCCN2CCc2cc4c(cc2[C@@H]3[C@@H]1OC(=O)[C@](O)(CC=O)CCCC[C@@](O)(CC=O)C(=O)O[C@@H]1C(OC)=C[C@]23CCCN2CCc2cc5c(cc2[C@H]13)OCO5)OCO4. The Balaban J connectivity index is 0.855. The van der Waals surface area contributed by atoms with Gasteiger partial charge in [-0.2, -0.15) is 0 Å². The lowest BCUT2D eigenvalue weighted by atomic mass is 9.77. The molecule has 6 heterocycles. The van der Waals surface area contributed by atoms with Gasteiger partial charge in [0, 0.05) is 25.9 Å². The maximum atomic E-state index is 14.3. The van der Waals surface area contributed by atoms with Gasteiger partial charge < -0.3 is 57.7 Å². The van der Waals surface area contributed by atoms with Crippen LogP contribution < -0.4 is 18.9 Å². The molecule has 2 saturated heterocycles. The van der Waals surface area contributed by atoms with Gasteiger partial charge in [0.1, 0.15) is 24.1 Å². The molecule has 2 aromatic rings. The maximum Gasteiger partial charge on any atom is 0.339 e. The van der Waals surface area contributed by atoms with E-state index in [4.69, 9.17) is 37.9 Å². The average Bonchev–Trinajstić information content (AvgIpc) is 4.15. The number of fused-ring (bicyclic) bond motifs is 6. The molecule has 10 rings (SSSR count). The Kier molecular flexibility index (Phi) is 10.9. The molecule has 16 heteroatoms. The number of unbranched alkanes of at least 4 members (excludes halogenated alkanes) is 1. The molecule has 0 unspecified atom stereocenters. The number of ether oxygens (including phenoxy) is 8. The van der Waals surface area contributed by atoms with Crippen molar-refractivity contribution >= 4 is 24.5 Å². The summed E-state index contributed by atoms with van der Waals surface area (Å²) in [5.41, 5.74) is -1.48. The molecule has 0 radical (unpaired) electrons. The Morgan fingerprint density at radius 1 is 0.672 bits per heavy atom. The maximum absolute atomic E-state index is 14.3. The molecule has 2 spiro atoms. The molecule has 8 atom stereocenters. The third-order valence-corrected chi connectivity index (χ3v) is 15.4. The number of carbonyl (C=O) groups excluding carboxylic acids is 4. The average molecular weight is 885 g/mol. The Hall–Kier alpha value is -5.16. The molecule has 16 nitrogen and oxygen atoms in total. The molecule has 2 N–H and O–H groups in total. The Morgan fingerprint density at radius 3 is 1.47 bits per heavy atom. The molecular formula is C48H56N2O14. The second-order valence-corrected chi connectivity index (χ2v) is 18.6. The van der Waals surface area contributed by atoms with Crippen LogP contribution in [0.1, 0.15) is 98.3 Å². The number of hydrogen-bond acceptors (Lipinski definition) is 16. The van der Waals surface area contributed by atoms with E-state index in [1.165, 1.54) is 14.2 Å². The number of carbonyl (C=O) groups is 4. The lowest BCUT2D eigenvalue weighted by Gasteiger charge is -2.39. The molecule has 0 amide bonds. The van der Waals surface area contributed by atoms with Crippen molar-refractivity contribution in [2.24, 2.45) is 0 Å². The highest BCUT2D eigenvalue weighted by Gasteiger charge is 2.60. The molecule has 6 aliphatic heterocycles. The predicted octanol–water partition coefficient (Wildman–Crippen LogP) is 3.90. The summed E-state index contributed by atoms with van der Waals surface area (Å²) < 4.78 is 47.4. The largest absolute Gasteiger partial charge is 0.497 e. The standard InChI is InChI=1S/C48H56N2O14/c1-57-37-25-45-9-5-15-49(45)17-7-29-21-33-35(61-27-59-33)23-31(29)39(45)41(37)63-43(53)47(55,13-19-51)11-3-4-12-48(56,14-20-52)44(54)64-42-38(58-2)26-46-10-6-16-50(46)18-8-30-22-34-36(62-28-60-34)24-32(30)40(42)46/h19-26,39-42,55-56H,3-18,27-28H2,1-2H3/t39-,40-,41-,42-,45+,46+,47-,48-/m1/s1. The van der Waals surface area contributed by atoms with Crippen molar-refractivity contribution in [2.45, 2.75) is 123 Å². The summed E-state index contributed by atoms with van der Waals surface area (Å²) in [6.45, 7) is 3.50. The van der Waals surface area contributed by atoms with Crippen LogP contribution in [0.25, 0.3) is 0 Å². The molecule has 2 aliphatic carbocycles. The van der Waals surface area contributed by atoms with Crippen LogP contribution in [0.2, 0.25) is 0 Å². The summed E-state index contributed by atoms with van der Waals surface area (Å²) in [5, 5.41) is 23.9. The van der Waals surface area contributed by atoms with Gasteiger partial charge in [-0.3, -0.25) is 9.80 Å². The molecule has 2 aromatic carbocycles. The van der Waals surface area contributed by atoms with E-state index in [2.05, 4.69) is 22.0 Å². The monoisotopic (exact) mass is 884 g/mol. The molecule has 64 heavy (non-hydrogen) atoms. The fraction of sp³-hybridized carbons (Fsp3) is 0.583. The molecule has 342 valence electrons. The van der Waals surface area contributed by atoms with Crippen LogP contribution in [-0.4, -0.2) is 133 Å². The van der Waals surface area contributed by atoms with Gasteiger partial charge in [0.05, 0.1) is 37.1 Å². The van der Waals surface area contributed by atoms with Crippen LogP contribution in [-0.2, 0) is 51.0 Å². The first-order valence-electron chi connectivity index (χ1n) is 22.6. The van der Waals surface area contributed by atoms with E-state index in [-0.39, 0.29) is 51.1 Å². The quantitative estimate of drug-likeness (QED) is 0.149. The molecular weight excluding hydrogens is 829 g/mol. The van der Waals surface area contributed by atoms with E-state index in [0.29, 0.717) is 47.1 Å². The Morgan fingerprint density at radius 2 is 1.08 bits per heavy atom. The van der Waals surface area contributed by atoms with E-state index in [1.54, 1.807) is 0 Å². The Bertz CT molecular complexity index is 2140. The van der Waals surface area contributed by atoms with Crippen molar-refractivity contribution in [3.05, 3.63) is 70.2 Å². The predicted molar refractivity (Wildman–Crippen MR) is 225 cm³/mol. The normalized spacial score (nSPS) is 30.1. The number of hydrogen-bond donors (Lipinski definition) is 2. The van der Waals surface area contributed by atoms with Gasteiger partial charge >= 0.3 is 11.9 Å². The van der Waals surface area contributed by atoms with Gasteiger partial charge in [-0.1, -0.05) is 0 Å². The molecule has 0 saturated carbocycles. The van der Waals surface area contributed by atoms with Gasteiger partial charge in [-0.05, 0) is 136 Å². The lowest BCUT2D eigenvalue weighted by Crippen LogP contribution is -2.49. The number of benzene rings is 2. The van der Waals surface area contributed by atoms with Crippen molar-refractivity contribution in [2.75, 3.05) is 54.0 Å². The zero-order valence-electron chi connectivity index (χ0n) is 36.3. The first-order valence-corrected chi connectivity index (χ1v) is 22.6. The first kappa shape index (κ1) is 42.8. The summed E-state index contributed by atoms with van der Waals surface area (Å²) in [7, 11) is 3.06. The topological polar surface area (TPSA) is 189 Å². The summed E-state index contributed by atoms with van der Waals surface area (Å²) in [6.07, 6.45) is 6.88. The van der Waals surface area contributed by atoms with E-state index in [9.17, 15) is 29.4 Å².